The minimum Gasteiger partial charge on any atom is -0.339 e. The molecule has 0 atom stereocenters. The molecule has 1 fully saturated rings. The summed E-state index contributed by atoms with van der Waals surface area (Å²) < 4.78 is 28.4. The molecule has 0 bridgehead atoms. The van der Waals surface area contributed by atoms with Crippen molar-refractivity contribution in [3.63, 3.8) is 0 Å². The van der Waals surface area contributed by atoms with Crippen molar-refractivity contribution < 1.29 is 13.2 Å². The summed E-state index contributed by atoms with van der Waals surface area (Å²) in [5.74, 6) is 0.588. The molecule has 1 aliphatic heterocycles. The SMILES string of the molecule is CC1CCN(C(=O)c2cccc(NS(=O)(=O)c3ccc(Br)cc3)c2)CC1. The fourth-order valence-electron chi connectivity index (χ4n) is 2.94. The second-order valence-corrected chi connectivity index (χ2v) is 9.21. The highest BCUT2D eigenvalue weighted by Gasteiger charge is 2.22. The predicted molar refractivity (Wildman–Crippen MR) is 106 cm³/mol. The van der Waals surface area contributed by atoms with Crippen LogP contribution in [0.3, 0.4) is 0 Å². The van der Waals surface area contributed by atoms with E-state index in [2.05, 4.69) is 27.6 Å². The van der Waals surface area contributed by atoms with Crippen LogP contribution in [0, 0.1) is 5.92 Å². The normalized spacial score (nSPS) is 15.7. The molecule has 0 radical (unpaired) electrons. The fraction of sp³-hybridized carbons (Fsp3) is 0.316. The molecule has 26 heavy (non-hydrogen) atoms. The third-order valence-electron chi connectivity index (χ3n) is 4.56. The van der Waals surface area contributed by atoms with Crippen LogP contribution in [0.2, 0.25) is 0 Å². The van der Waals surface area contributed by atoms with Crippen LogP contribution in [0.4, 0.5) is 5.69 Å². The summed E-state index contributed by atoms with van der Waals surface area (Å²) in [5, 5.41) is 0. The van der Waals surface area contributed by atoms with E-state index in [1.807, 2.05) is 4.90 Å². The van der Waals surface area contributed by atoms with Crippen LogP contribution < -0.4 is 4.72 Å². The second-order valence-electron chi connectivity index (χ2n) is 6.61. The Balaban J connectivity index is 1.77. The van der Waals surface area contributed by atoms with Gasteiger partial charge in [0.2, 0.25) is 0 Å². The van der Waals surface area contributed by atoms with Crippen molar-refractivity contribution in [1.82, 2.24) is 4.90 Å². The number of nitrogens with zero attached hydrogens (tertiary/aromatic N) is 1. The van der Waals surface area contributed by atoms with Crippen LogP contribution in [0.25, 0.3) is 0 Å². The number of hydrogen-bond donors (Lipinski definition) is 1. The molecule has 0 unspecified atom stereocenters. The Hall–Kier alpha value is -1.86. The van der Waals surface area contributed by atoms with Crippen LogP contribution in [0.1, 0.15) is 30.1 Å². The minimum atomic E-state index is -3.70. The summed E-state index contributed by atoms with van der Waals surface area (Å²) in [4.78, 5) is 14.7. The molecule has 138 valence electrons. The second kappa shape index (κ2) is 7.80. The minimum absolute atomic E-state index is 0.0541. The molecular formula is C19H21BrN2O3S. The Labute approximate surface area is 162 Å². The van der Waals surface area contributed by atoms with Gasteiger partial charge < -0.3 is 4.90 Å². The molecule has 0 spiro atoms. The van der Waals surface area contributed by atoms with Gasteiger partial charge in [0.25, 0.3) is 15.9 Å². The van der Waals surface area contributed by atoms with E-state index in [1.54, 1.807) is 36.4 Å². The largest absolute Gasteiger partial charge is 0.339 e. The van der Waals surface area contributed by atoms with E-state index in [4.69, 9.17) is 0 Å². The van der Waals surface area contributed by atoms with Crippen LogP contribution in [0.15, 0.2) is 57.9 Å². The van der Waals surface area contributed by atoms with Gasteiger partial charge in [-0.25, -0.2) is 8.42 Å². The number of hydrogen-bond acceptors (Lipinski definition) is 3. The lowest BCUT2D eigenvalue weighted by Crippen LogP contribution is -2.37. The number of anilines is 1. The van der Waals surface area contributed by atoms with E-state index in [0.29, 0.717) is 17.2 Å². The zero-order valence-electron chi connectivity index (χ0n) is 14.5. The highest BCUT2D eigenvalue weighted by atomic mass is 79.9. The number of sulfonamides is 1. The first-order chi connectivity index (χ1) is 12.3. The number of carbonyl (C=O) groups excluding carboxylic acids is 1. The van der Waals surface area contributed by atoms with Crippen molar-refractivity contribution in [2.75, 3.05) is 17.8 Å². The molecule has 7 heteroatoms. The molecule has 0 aliphatic carbocycles. The standard InChI is InChI=1S/C19H21BrN2O3S/c1-14-9-11-22(12-10-14)19(23)15-3-2-4-17(13-15)21-26(24,25)18-7-5-16(20)6-8-18/h2-8,13-14,21H,9-12H2,1H3. The van der Waals surface area contributed by atoms with Gasteiger partial charge in [0, 0.05) is 28.8 Å². The van der Waals surface area contributed by atoms with Gasteiger partial charge >= 0.3 is 0 Å². The number of benzene rings is 2. The molecule has 0 aromatic heterocycles. The van der Waals surface area contributed by atoms with Gasteiger partial charge in [-0.3, -0.25) is 9.52 Å². The molecule has 1 saturated heterocycles. The van der Waals surface area contributed by atoms with Crippen LogP contribution in [-0.2, 0) is 10.0 Å². The van der Waals surface area contributed by atoms with Crippen LogP contribution in [-0.4, -0.2) is 32.3 Å². The average molecular weight is 437 g/mol. The van der Waals surface area contributed by atoms with Gasteiger partial charge in [0.1, 0.15) is 0 Å². The van der Waals surface area contributed by atoms with Crippen molar-refractivity contribution in [1.29, 1.82) is 0 Å². The van der Waals surface area contributed by atoms with Gasteiger partial charge in [0.05, 0.1) is 4.90 Å². The zero-order valence-corrected chi connectivity index (χ0v) is 16.9. The Morgan fingerprint density at radius 3 is 2.42 bits per heavy atom. The highest BCUT2D eigenvalue weighted by molar-refractivity contribution is 9.10. The van der Waals surface area contributed by atoms with Gasteiger partial charge in [-0.2, -0.15) is 0 Å². The van der Waals surface area contributed by atoms with E-state index in [-0.39, 0.29) is 10.8 Å². The molecule has 0 saturated carbocycles. The maximum absolute atomic E-state index is 12.7. The predicted octanol–water partition coefficient (Wildman–Crippen LogP) is 4.12. The topological polar surface area (TPSA) is 66.5 Å². The smallest absolute Gasteiger partial charge is 0.261 e. The number of piperidine rings is 1. The first kappa shape index (κ1) is 18.9. The van der Waals surface area contributed by atoms with Gasteiger partial charge in [-0.05, 0) is 61.2 Å². The summed E-state index contributed by atoms with van der Waals surface area (Å²) >= 11 is 3.29. The lowest BCUT2D eigenvalue weighted by Gasteiger charge is -2.30. The molecule has 1 amide bonds. The molecule has 1 N–H and O–H groups in total. The van der Waals surface area contributed by atoms with Crippen LogP contribution >= 0.6 is 15.9 Å². The number of rotatable bonds is 4. The lowest BCUT2D eigenvalue weighted by molar-refractivity contribution is 0.0697. The Bertz CT molecular complexity index is 889. The molecular weight excluding hydrogens is 416 g/mol. The van der Waals surface area contributed by atoms with Crippen molar-refractivity contribution in [2.45, 2.75) is 24.7 Å². The van der Waals surface area contributed by atoms with Gasteiger partial charge in [-0.1, -0.05) is 28.9 Å². The summed E-state index contributed by atoms with van der Waals surface area (Å²) in [6.07, 6.45) is 2.00. The Morgan fingerprint density at radius 1 is 1.12 bits per heavy atom. The molecule has 1 aliphatic rings. The summed E-state index contributed by atoms with van der Waals surface area (Å²) in [7, 11) is -3.70. The molecule has 3 rings (SSSR count). The third kappa shape index (κ3) is 4.45. The van der Waals surface area contributed by atoms with E-state index < -0.39 is 10.0 Å². The number of likely N-dealkylation sites (tertiary alicyclic amines) is 1. The quantitative estimate of drug-likeness (QED) is 0.783. The van der Waals surface area contributed by atoms with Crippen molar-refractivity contribution >= 4 is 37.5 Å². The lowest BCUT2D eigenvalue weighted by atomic mass is 9.98. The van der Waals surface area contributed by atoms with Gasteiger partial charge in [-0.15, -0.1) is 0 Å². The highest BCUT2D eigenvalue weighted by Crippen LogP contribution is 2.22. The maximum atomic E-state index is 12.7. The van der Waals surface area contributed by atoms with Crippen molar-refractivity contribution in [2.24, 2.45) is 5.92 Å². The van der Waals surface area contributed by atoms with Crippen molar-refractivity contribution in [3.05, 3.63) is 58.6 Å². The maximum Gasteiger partial charge on any atom is 0.261 e. The van der Waals surface area contributed by atoms with Crippen molar-refractivity contribution in [3.8, 4) is 0 Å². The molecule has 2 aromatic carbocycles. The summed E-state index contributed by atoms with van der Waals surface area (Å²) in [5.41, 5.74) is 0.875. The Kier molecular flexibility index (Phi) is 5.67. The molecule has 1 heterocycles. The first-order valence-electron chi connectivity index (χ1n) is 8.53. The van der Waals surface area contributed by atoms with E-state index in [0.717, 1.165) is 30.4 Å². The Morgan fingerprint density at radius 2 is 1.77 bits per heavy atom. The van der Waals surface area contributed by atoms with E-state index >= 15 is 0 Å². The monoisotopic (exact) mass is 436 g/mol. The van der Waals surface area contributed by atoms with Gasteiger partial charge in [0.15, 0.2) is 0 Å². The first-order valence-corrected chi connectivity index (χ1v) is 10.8. The van der Waals surface area contributed by atoms with Crippen LogP contribution in [0.5, 0.6) is 0 Å². The number of nitrogens with one attached hydrogen (secondary N) is 1. The summed E-state index contributed by atoms with van der Waals surface area (Å²) in [6.45, 7) is 3.68. The number of carbonyl (C=O) groups is 1. The zero-order chi connectivity index (χ0) is 18.7. The number of halogens is 1. The van der Waals surface area contributed by atoms with E-state index in [1.165, 1.54) is 12.1 Å². The number of amides is 1. The van der Waals surface area contributed by atoms with E-state index in [9.17, 15) is 13.2 Å². The third-order valence-corrected chi connectivity index (χ3v) is 6.48. The fourth-order valence-corrected chi connectivity index (χ4v) is 4.25. The summed E-state index contributed by atoms with van der Waals surface area (Å²) in [6, 6.07) is 13.0. The molecule has 2 aromatic rings. The average Bonchev–Trinajstić information content (AvgIpc) is 2.62. The molecule has 5 nitrogen and oxygen atoms in total.